The topological polar surface area (TPSA) is 135 Å². The van der Waals surface area contributed by atoms with Crippen LogP contribution in [0, 0.1) is 18.6 Å². The van der Waals surface area contributed by atoms with E-state index in [0.717, 1.165) is 12.1 Å². The number of urea groups is 1. The Kier molecular flexibility index (Phi) is 9.66. The van der Waals surface area contributed by atoms with Gasteiger partial charge in [-0.2, -0.15) is 10.2 Å². The number of carbonyl (C=O) groups is 2. The summed E-state index contributed by atoms with van der Waals surface area (Å²) in [6, 6.07) is 13.4. The van der Waals surface area contributed by atoms with Crippen LogP contribution >= 0.6 is 0 Å². The Morgan fingerprint density at radius 3 is 2.56 bits per heavy atom. The molecule has 12 nitrogen and oxygen atoms in total. The number of ether oxygens (including phenoxy) is 1. The summed E-state index contributed by atoms with van der Waals surface area (Å²) >= 11 is 0. The van der Waals surface area contributed by atoms with Gasteiger partial charge in [0.25, 0.3) is 5.91 Å². The Morgan fingerprint density at radius 1 is 1.09 bits per heavy atom. The minimum atomic E-state index is -1.01. The van der Waals surface area contributed by atoms with Crippen molar-refractivity contribution in [2.24, 2.45) is 0 Å². The maximum absolute atomic E-state index is 14.1. The minimum absolute atomic E-state index is 0.232. The molecule has 0 aliphatic carbocycles. The fourth-order valence-electron chi connectivity index (χ4n) is 5.10. The number of benzene rings is 2. The molecule has 14 heteroatoms. The van der Waals surface area contributed by atoms with Crippen molar-refractivity contribution in [2.75, 3.05) is 51.5 Å². The van der Waals surface area contributed by atoms with E-state index in [4.69, 9.17) is 14.7 Å². The van der Waals surface area contributed by atoms with Crippen molar-refractivity contribution < 1.29 is 27.9 Å². The number of anilines is 2. The van der Waals surface area contributed by atoms with E-state index in [-0.39, 0.29) is 18.1 Å². The smallest absolute Gasteiger partial charge is 0.320 e. The molecule has 3 heterocycles. The van der Waals surface area contributed by atoms with Crippen LogP contribution < -0.4 is 21.3 Å². The highest BCUT2D eigenvalue weighted by molar-refractivity contribution is 5.98. The van der Waals surface area contributed by atoms with Crippen molar-refractivity contribution in [2.45, 2.75) is 19.1 Å². The average Bonchev–Trinajstić information content (AvgIpc) is 3.60. The molecular formula is C31H34F2N8O4. The highest BCUT2D eigenvalue weighted by atomic mass is 19.2. The van der Waals surface area contributed by atoms with Gasteiger partial charge >= 0.3 is 6.03 Å². The van der Waals surface area contributed by atoms with Crippen molar-refractivity contribution in [3.63, 3.8) is 0 Å². The van der Waals surface area contributed by atoms with E-state index >= 15 is 0 Å². The summed E-state index contributed by atoms with van der Waals surface area (Å²) in [6.45, 7) is 2.87. The van der Waals surface area contributed by atoms with Crippen molar-refractivity contribution in [1.82, 2.24) is 30.5 Å². The second-order valence-electron chi connectivity index (χ2n) is 10.3. The number of rotatable bonds is 10. The van der Waals surface area contributed by atoms with Gasteiger partial charge in [0.15, 0.2) is 17.3 Å². The molecule has 1 aliphatic heterocycles. The number of nitrogens with zero attached hydrogens (tertiary/aromatic N) is 4. The summed E-state index contributed by atoms with van der Waals surface area (Å²) in [5.41, 5.74) is 3.62. The van der Waals surface area contributed by atoms with Crippen LogP contribution in [0.1, 0.15) is 27.7 Å². The van der Waals surface area contributed by atoms with Gasteiger partial charge in [-0.05, 0) is 42.8 Å². The fraction of sp³-hybridized carbons (Fsp3) is 0.290. The van der Waals surface area contributed by atoms with Gasteiger partial charge in [-0.3, -0.25) is 14.9 Å². The van der Waals surface area contributed by atoms with Crippen LogP contribution in [0.4, 0.5) is 25.1 Å². The van der Waals surface area contributed by atoms with Crippen LogP contribution in [0.2, 0.25) is 0 Å². The summed E-state index contributed by atoms with van der Waals surface area (Å²) in [5.74, 6) is -1.93. The average molecular weight is 621 g/mol. The SMILES string of the molecule is CNC(=O)c1ncc(-c2nn(-c3ccccc3)c(NC(=O)N[C@@H]3CN(CCOC)O[C@H]3c3ccc(F)c(F)c3)c2C)cc1NC. The fourth-order valence-corrected chi connectivity index (χ4v) is 5.10. The number of hydrogen-bond donors (Lipinski definition) is 4. The van der Waals surface area contributed by atoms with Crippen LogP contribution in [0.3, 0.4) is 0 Å². The van der Waals surface area contributed by atoms with Gasteiger partial charge in [0.1, 0.15) is 11.9 Å². The predicted molar refractivity (Wildman–Crippen MR) is 164 cm³/mol. The Balaban J connectivity index is 1.46. The quantitative estimate of drug-likeness (QED) is 0.209. The van der Waals surface area contributed by atoms with Crippen molar-refractivity contribution in [3.8, 4) is 16.9 Å². The third-order valence-corrected chi connectivity index (χ3v) is 7.39. The van der Waals surface area contributed by atoms with Crippen LogP contribution in [-0.4, -0.2) is 78.7 Å². The molecule has 45 heavy (non-hydrogen) atoms. The number of aromatic nitrogens is 3. The zero-order chi connectivity index (χ0) is 32.1. The van der Waals surface area contributed by atoms with Gasteiger partial charge in [-0.25, -0.2) is 23.2 Å². The molecule has 2 aromatic carbocycles. The molecule has 1 fully saturated rings. The zero-order valence-electron chi connectivity index (χ0n) is 25.2. The van der Waals surface area contributed by atoms with E-state index in [2.05, 4.69) is 26.3 Å². The first-order valence-corrected chi connectivity index (χ1v) is 14.2. The number of amides is 3. The molecule has 5 rings (SSSR count). The number of hydroxylamine groups is 2. The van der Waals surface area contributed by atoms with E-state index in [1.165, 1.54) is 13.1 Å². The van der Waals surface area contributed by atoms with Gasteiger partial charge < -0.3 is 20.7 Å². The van der Waals surface area contributed by atoms with Gasteiger partial charge in [-0.15, -0.1) is 0 Å². The number of halogens is 2. The summed E-state index contributed by atoms with van der Waals surface area (Å²) < 4.78 is 34.6. The van der Waals surface area contributed by atoms with E-state index < -0.39 is 29.8 Å². The largest absolute Gasteiger partial charge is 0.386 e. The molecule has 1 saturated heterocycles. The second-order valence-corrected chi connectivity index (χ2v) is 10.3. The first kappa shape index (κ1) is 31.5. The number of nitrogens with one attached hydrogen (secondary N) is 4. The molecule has 236 valence electrons. The minimum Gasteiger partial charge on any atom is -0.386 e. The Morgan fingerprint density at radius 2 is 1.87 bits per heavy atom. The maximum atomic E-state index is 14.1. The monoisotopic (exact) mass is 620 g/mol. The number of pyridine rings is 1. The lowest BCUT2D eigenvalue weighted by molar-refractivity contribution is -0.154. The van der Waals surface area contributed by atoms with E-state index in [1.807, 2.05) is 37.3 Å². The summed E-state index contributed by atoms with van der Waals surface area (Å²) in [4.78, 5) is 36.2. The normalized spacial score (nSPS) is 16.4. The zero-order valence-corrected chi connectivity index (χ0v) is 25.2. The number of para-hydroxylation sites is 1. The third kappa shape index (κ3) is 6.77. The van der Waals surface area contributed by atoms with E-state index in [9.17, 15) is 18.4 Å². The van der Waals surface area contributed by atoms with Gasteiger partial charge in [0, 0.05) is 51.6 Å². The molecular weight excluding hydrogens is 586 g/mol. The molecule has 4 N–H and O–H groups in total. The molecule has 2 atom stereocenters. The molecule has 0 unspecified atom stereocenters. The first-order valence-electron chi connectivity index (χ1n) is 14.2. The van der Waals surface area contributed by atoms with Crippen LogP contribution in [0.25, 0.3) is 16.9 Å². The standard InChI is InChI=1S/C31H34F2N8O4/c1-18-26(20-15-24(34-2)27(36-16-20)30(42)35-3)39-41(21-8-6-5-7-9-21)29(18)38-31(43)37-25-17-40(12-13-44-4)45-28(25)19-10-11-22(32)23(33)14-19/h5-11,14-16,25,28,34H,12-13,17H2,1-4H3,(H,35,42)(H2,37,38,43)/t25-,28+/m1/s1. The molecule has 0 saturated carbocycles. The van der Waals surface area contributed by atoms with E-state index in [1.54, 1.807) is 36.2 Å². The summed E-state index contributed by atoms with van der Waals surface area (Å²) in [5, 5.41) is 17.9. The Hall–Kier alpha value is -4.92. The lowest BCUT2D eigenvalue weighted by Gasteiger charge is -2.20. The van der Waals surface area contributed by atoms with Crippen molar-refractivity contribution in [1.29, 1.82) is 0 Å². The summed E-state index contributed by atoms with van der Waals surface area (Å²) in [6.07, 6.45) is 0.778. The Labute approximate surface area is 258 Å². The lowest BCUT2D eigenvalue weighted by atomic mass is 10.0. The van der Waals surface area contributed by atoms with Gasteiger partial charge in [-0.1, -0.05) is 24.3 Å². The molecule has 4 aromatic rings. The molecule has 3 amide bonds. The first-order chi connectivity index (χ1) is 21.7. The number of carbonyl (C=O) groups excluding carboxylic acids is 2. The Bertz CT molecular complexity index is 1680. The maximum Gasteiger partial charge on any atom is 0.320 e. The van der Waals surface area contributed by atoms with Gasteiger partial charge in [0.05, 0.1) is 29.7 Å². The molecule has 0 radical (unpaired) electrons. The van der Waals surface area contributed by atoms with Crippen LogP contribution in [0.5, 0.6) is 0 Å². The lowest BCUT2D eigenvalue weighted by Crippen LogP contribution is -2.42. The van der Waals surface area contributed by atoms with Crippen LogP contribution in [0.15, 0.2) is 60.8 Å². The number of hydrogen-bond acceptors (Lipinski definition) is 8. The van der Waals surface area contributed by atoms with Crippen molar-refractivity contribution in [3.05, 3.63) is 89.2 Å². The predicted octanol–water partition coefficient (Wildman–Crippen LogP) is 4.05. The highest BCUT2D eigenvalue weighted by Crippen LogP contribution is 2.33. The molecule has 0 bridgehead atoms. The highest BCUT2D eigenvalue weighted by Gasteiger charge is 2.37. The summed E-state index contributed by atoms with van der Waals surface area (Å²) in [7, 11) is 4.78. The molecule has 2 aromatic heterocycles. The number of methoxy groups -OCH3 is 1. The van der Waals surface area contributed by atoms with Crippen LogP contribution in [-0.2, 0) is 9.57 Å². The third-order valence-electron chi connectivity index (χ3n) is 7.39. The van der Waals surface area contributed by atoms with Gasteiger partial charge in [0.2, 0.25) is 0 Å². The second kappa shape index (κ2) is 13.8. The van der Waals surface area contributed by atoms with Crippen molar-refractivity contribution >= 4 is 23.4 Å². The molecule has 0 spiro atoms. The molecule has 1 aliphatic rings. The van der Waals surface area contributed by atoms with E-state index in [0.29, 0.717) is 52.7 Å².